The number of nitrogens with one attached hydrogen (secondary N) is 1. The monoisotopic (exact) mass is 244 g/mol. The van der Waals surface area contributed by atoms with Gasteiger partial charge in [-0.05, 0) is 29.8 Å². The van der Waals surface area contributed by atoms with Crippen molar-refractivity contribution < 1.29 is 9.90 Å². The second-order valence-electron chi connectivity index (χ2n) is 4.32. The lowest BCUT2D eigenvalue weighted by Gasteiger charge is -2.14. The first-order valence-electron chi connectivity index (χ1n) is 5.81. The van der Waals surface area contributed by atoms with Crippen LogP contribution in [0, 0.1) is 0 Å². The van der Waals surface area contributed by atoms with E-state index in [1.807, 2.05) is 42.5 Å². The van der Waals surface area contributed by atoms with E-state index in [4.69, 9.17) is 5.73 Å². The van der Waals surface area contributed by atoms with Crippen LogP contribution in [0.25, 0.3) is 10.8 Å². The van der Waals surface area contributed by atoms with Crippen LogP contribution in [0.3, 0.4) is 0 Å². The molecule has 0 radical (unpaired) electrons. The lowest BCUT2D eigenvalue weighted by molar-refractivity contribution is -0.119. The highest BCUT2D eigenvalue weighted by Gasteiger charge is 2.18. The first kappa shape index (κ1) is 12.5. The highest BCUT2D eigenvalue weighted by Crippen LogP contribution is 2.18. The van der Waals surface area contributed by atoms with Crippen LogP contribution in [0.5, 0.6) is 0 Å². The molecule has 0 aliphatic carbocycles. The second-order valence-corrected chi connectivity index (χ2v) is 4.32. The molecular formula is C14H16N2O2. The molecule has 2 atom stereocenters. The second kappa shape index (κ2) is 5.16. The largest absolute Gasteiger partial charge is 0.391 e. The molecule has 0 heterocycles. The maximum atomic E-state index is 11.7. The van der Waals surface area contributed by atoms with Crippen molar-refractivity contribution in [3.05, 3.63) is 42.5 Å². The molecule has 94 valence electrons. The third-order valence-electron chi connectivity index (χ3n) is 2.84. The molecule has 0 spiro atoms. The van der Waals surface area contributed by atoms with E-state index in [2.05, 4.69) is 5.32 Å². The Labute approximate surface area is 105 Å². The minimum atomic E-state index is -0.920. The van der Waals surface area contributed by atoms with Crippen molar-refractivity contribution in [2.75, 3.05) is 5.32 Å². The summed E-state index contributed by atoms with van der Waals surface area (Å²) < 4.78 is 0. The average molecular weight is 244 g/mol. The van der Waals surface area contributed by atoms with E-state index in [0.29, 0.717) is 5.69 Å². The summed E-state index contributed by atoms with van der Waals surface area (Å²) in [5, 5.41) is 14.1. The fourth-order valence-electron chi connectivity index (χ4n) is 1.71. The number of amides is 1. The summed E-state index contributed by atoms with van der Waals surface area (Å²) >= 11 is 0. The molecule has 0 saturated heterocycles. The van der Waals surface area contributed by atoms with E-state index < -0.39 is 12.1 Å². The van der Waals surface area contributed by atoms with Gasteiger partial charge < -0.3 is 16.2 Å². The molecule has 0 bridgehead atoms. The van der Waals surface area contributed by atoms with Gasteiger partial charge in [0, 0.05) is 5.69 Å². The van der Waals surface area contributed by atoms with Crippen molar-refractivity contribution in [1.82, 2.24) is 0 Å². The van der Waals surface area contributed by atoms with E-state index in [1.54, 1.807) is 0 Å². The molecule has 18 heavy (non-hydrogen) atoms. The van der Waals surface area contributed by atoms with Gasteiger partial charge in [-0.3, -0.25) is 4.79 Å². The number of anilines is 1. The molecule has 0 aliphatic rings. The molecule has 2 rings (SSSR count). The Kier molecular flexibility index (Phi) is 3.60. The van der Waals surface area contributed by atoms with Gasteiger partial charge in [0.15, 0.2) is 0 Å². The summed E-state index contributed by atoms with van der Waals surface area (Å²) in [5.41, 5.74) is 6.23. The summed E-state index contributed by atoms with van der Waals surface area (Å²) in [6.45, 7) is 1.49. The zero-order valence-corrected chi connectivity index (χ0v) is 10.1. The van der Waals surface area contributed by atoms with Crippen molar-refractivity contribution >= 4 is 22.4 Å². The summed E-state index contributed by atoms with van der Waals surface area (Å²) in [6, 6.07) is 12.6. The smallest absolute Gasteiger partial charge is 0.243 e. The number of carbonyl (C=O) groups excluding carboxylic acids is 1. The van der Waals surface area contributed by atoms with Gasteiger partial charge in [-0.25, -0.2) is 0 Å². The maximum absolute atomic E-state index is 11.7. The van der Waals surface area contributed by atoms with Gasteiger partial charge in [0.25, 0.3) is 0 Å². The number of hydrogen-bond donors (Lipinski definition) is 3. The van der Waals surface area contributed by atoms with Gasteiger partial charge in [0.2, 0.25) is 5.91 Å². The third-order valence-corrected chi connectivity index (χ3v) is 2.84. The fourth-order valence-corrected chi connectivity index (χ4v) is 1.71. The summed E-state index contributed by atoms with van der Waals surface area (Å²) in [5.74, 6) is -0.389. The maximum Gasteiger partial charge on any atom is 0.243 e. The lowest BCUT2D eigenvalue weighted by Crippen LogP contribution is -2.43. The van der Waals surface area contributed by atoms with Crippen molar-refractivity contribution in [2.24, 2.45) is 5.73 Å². The predicted octanol–water partition coefficient (Wildman–Crippen LogP) is 1.49. The number of aliphatic hydroxyl groups excluding tert-OH is 1. The zero-order chi connectivity index (χ0) is 13.1. The summed E-state index contributed by atoms with van der Waals surface area (Å²) in [6.07, 6.45) is -0.870. The van der Waals surface area contributed by atoms with Gasteiger partial charge in [-0.15, -0.1) is 0 Å². The quantitative estimate of drug-likeness (QED) is 0.765. The van der Waals surface area contributed by atoms with Crippen LogP contribution < -0.4 is 11.1 Å². The standard InChI is InChI=1S/C14H16N2O2/c1-9(17)13(15)14(18)16-12-7-6-10-4-2-3-5-11(10)8-12/h2-9,13,17H,15H2,1H3,(H,16,18)/t9?,13-/m1/s1. The first-order valence-corrected chi connectivity index (χ1v) is 5.81. The molecule has 4 N–H and O–H groups in total. The van der Waals surface area contributed by atoms with E-state index in [0.717, 1.165) is 10.8 Å². The number of carbonyl (C=O) groups is 1. The van der Waals surface area contributed by atoms with Crippen LogP contribution in [0.2, 0.25) is 0 Å². The van der Waals surface area contributed by atoms with Gasteiger partial charge in [0.05, 0.1) is 6.10 Å². The minimum Gasteiger partial charge on any atom is -0.391 e. The Bertz CT molecular complexity index is 566. The predicted molar refractivity (Wildman–Crippen MR) is 72.2 cm³/mol. The summed E-state index contributed by atoms with van der Waals surface area (Å²) in [7, 11) is 0. The molecule has 4 heteroatoms. The molecule has 2 aromatic rings. The SMILES string of the molecule is CC(O)[C@@H](N)C(=O)Nc1ccc2ccccc2c1. The molecule has 4 nitrogen and oxygen atoms in total. The van der Waals surface area contributed by atoms with Crippen LogP contribution in [-0.4, -0.2) is 23.2 Å². The Morgan fingerprint density at radius 2 is 1.89 bits per heavy atom. The number of hydrogen-bond acceptors (Lipinski definition) is 3. The third kappa shape index (κ3) is 2.67. The molecule has 1 amide bonds. The Morgan fingerprint density at radius 3 is 2.56 bits per heavy atom. The van der Waals surface area contributed by atoms with Crippen molar-refractivity contribution in [2.45, 2.75) is 19.1 Å². The topological polar surface area (TPSA) is 75.3 Å². The molecule has 1 unspecified atom stereocenters. The fraction of sp³-hybridized carbons (Fsp3) is 0.214. The van der Waals surface area contributed by atoms with Crippen molar-refractivity contribution in [3.8, 4) is 0 Å². The van der Waals surface area contributed by atoms with E-state index in [1.165, 1.54) is 6.92 Å². The zero-order valence-electron chi connectivity index (χ0n) is 10.1. The van der Waals surface area contributed by atoms with Gasteiger partial charge in [-0.2, -0.15) is 0 Å². The Morgan fingerprint density at radius 1 is 1.22 bits per heavy atom. The number of fused-ring (bicyclic) bond motifs is 1. The van der Waals surface area contributed by atoms with Gasteiger partial charge >= 0.3 is 0 Å². The van der Waals surface area contributed by atoms with Crippen LogP contribution >= 0.6 is 0 Å². The number of aliphatic hydroxyl groups is 1. The minimum absolute atomic E-state index is 0.389. The molecule has 2 aromatic carbocycles. The molecular weight excluding hydrogens is 228 g/mol. The van der Waals surface area contributed by atoms with E-state index in [-0.39, 0.29) is 5.91 Å². The number of rotatable bonds is 3. The van der Waals surface area contributed by atoms with E-state index in [9.17, 15) is 9.90 Å². The van der Waals surface area contributed by atoms with Crippen LogP contribution in [0.4, 0.5) is 5.69 Å². The van der Waals surface area contributed by atoms with E-state index >= 15 is 0 Å². The molecule has 0 saturated carbocycles. The highest BCUT2D eigenvalue weighted by molar-refractivity contribution is 5.97. The molecule has 0 fully saturated rings. The average Bonchev–Trinajstić information content (AvgIpc) is 2.37. The Balaban J connectivity index is 2.19. The lowest BCUT2D eigenvalue weighted by atomic mass is 10.1. The van der Waals surface area contributed by atoms with Crippen LogP contribution in [-0.2, 0) is 4.79 Å². The van der Waals surface area contributed by atoms with Gasteiger partial charge in [-0.1, -0.05) is 30.3 Å². The van der Waals surface area contributed by atoms with Crippen LogP contribution in [0.1, 0.15) is 6.92 Å². The molecule has 0 aromatic heterocycles. The van der Waals surface area contributed by atoms with Gasteiger partial charge in [0.1, 0.15) is 6.04 Å². The Hall–Kier alpha value is -1.91. The highest BCUT2D eigenvalue weighted by atomic mass is 16.3. The van der Waals surface area contributed by atoms with Crippen molar-refractivity contribution in [3.63, 3.8) is 0 Å². The first-order chi connectivity index (χ1) is 8.58. The normalized spacial score (nSPS) is 14.2. The molecule has 0 aliphatic heterocycles. The summed E-state index contributed by atoms with van der Waals surface area (Å²) in [4.78, 5) is 11.7. The number of nitrogens with two attached hydrogens (primary N) is 1. The number of benzene rings is 2. The van der Waals surface area contributed by atoms with Crippen molar-refractivity contribution in [1.29, 1.82) is 0 Å². The van der Waals surface area contributed by atoms with Crippen LogP contribution in [0.15, 0.2) is 42.5 Å².